The van der Waals surface area contributed by atoms with Crippen LogP contribution in [0.15, 0.2) is 125 Å². The molecule has 0 bridgehead atoms. The maximum Gasteiger partial charge on any atom is 0.179 e. The summed E-state index contributed by atoms with van der Waals surface area (Å²) in [6.07, 6.45) is 4.84. The number of anilines is 3. The maximum atomic E-state index is 11.6. The number of hydrogen-bond acceptors (Lipinski definition) is 19. The predicted molar refractivity (Wildman–Crippen MR) is 338 cm³/mol. The number of carbonyl (C=O) groups is 5. The number of nitrogen functional groups attached to an aromatic ring is 2. The number of ketones is 4. The summed E-state index contributed by atoms with van der Waals surface area (Å²) in [5.74, 6) is 0.0897. The number of hydrogen-bond donors (Lipinski definition) is 3. The molecule has 31 heteroatoms. The molecule has 22 nitrogen and oxygen atoms in total. The number of fused-ring (bicyclic) bond motifs is 3. The van der Waals surface area contributed by atoms with Crippen LogP contribution in [0.5, 0.6) is 0 Å². The SMILES string of the molecule is C.CC(=O)C(Cl)C=O.CC(=O)c1cnc2c(Br)cc(Cl)nn12.CC(=O)c1cnc2c(Cl)cc(Cl)nn12.CC(=O)c1cnc2c(N(C)Cc3ccccc3)cc(Cl)nn12.CNCc1ccccc1.Nc1ccc(Cl)nn1.Nc1nnc(Cl)cc1Br. The van der Waals surface area contributed by atoms with Crippen molar-refractivity contribution in [1.29, 1.82) is 0 Å². The fourth-order valence-electron chi connectivity index (χ4n) is 6.25. The van der Waals surface area contributed by atoms with E-state index < -0.39 is 5.38 Å². The number of nitrogens with two attached hydrogens (primary N) is 2. The molecule has 0 aliphatic rings. The van der Waals surface area contributed by atoms with E-state index in [0.717, 1.165) is 12.2 Å². The minimum atomic E-state index is -0.944. The summed E-state index contributed by atoms with van der Waals surface area (Å²) in [4.78, 5) is 68.0. The Bertz CT molecular complexity index is 3690. The molecule has 1 unspecified atom stereocenters. The van der Waals surface area contributed by atoms with Crippen LogP contribution >= 0.6 is 113 Å². The monoisotopic (exact) mass is 1410 g/mol. The molecular formula is C53H52Br2Cl7N17O5. The van der Waals surface area contributed by atoms with Gasteiger partial charge in [0.05, 0.1) is 38.2 Å². The zero-order valence-electron chi connectivity index (χ0n) is 44.4. The third-order valence-electron chi connectivity index (χ3n) is 10.1. The van der Waals surface area contributed by atoms with Crippen molar-refractivity contribution in [2.75, 3.05) is 30.5 Å². The molecule has 84 heavy (non-hydrogen) atoms. The summed E-state index contributed by atoms with van der Waals surface area (Å²) >= 11 is 45.8. The summed E-state index contributed by atoms with van der Waals surface area (Å²) in [6.45, 7) is 7.31. The first-order chi connectivity index (χ1) is 39.3. The van der Waals surface area contributed by atoms with Crippen molar-refractivity contribution in [2.45, 2.75) is 53.6 Å². The minimum Gasteiger partial charge on any atom is -0.382 e. The number of Topliss-reactive ketones (excluding diaryl/α,β-unsaturated/α-hetero) is 4. The summed E-state index contributed by atoms with van der Waals surface area (Å²) < 4.78 is 5.65. The van der Waals surface area contributed by atoms with E-state index in [4.69, 9.17) is 92.7 Å². The van der Waals surface area contributed by atoms with Crippen LogP contribution in [0, 0.1) is 0 Å². The lowest BCUT2D eigenvalue weighted by molar-refractivity contribution is -0.120. The van der Waals surface area contributed by atoms with Gasteiger partial charge in [0.1, 0.15) is 34.6 Å². The van der Waals surface area contributed by atoms with Crippen LogP contribution in [-0.2, 0) is 22.7 Å². The van der Waals surface area contributed by atoms with Crippen LogP contribution in [0.4, 0.5) is 17.3 Å². The Labute approximate surface area is 533 Å². The lowest BCUT2D eigenvalue weighted by Crippen LogP contribution is -2.18. The molecule has 0 fully saturated rings. The molecule has 442 valence electrons. The van der Waals surface area contributed by atoms with Crippen molar-refractivity contribution in [1.82, 2.24) is 69.5 Å². The Morgan fingerprint density at radius 2 is 1.05 bits per heavy atom. The fourth-order valence-corrected chi connectivity index (χ4v) is 8.38. The number of nitrogens with one attached hydrogen (secondary N) is 1. The van der Waals surface area contributed by atoms with Gasteiger partial charge in [-0.2, -0.15) is 15.3 Å². The van der Waals surface area contributed by atoms with Crippen molar-refractivity contribution in [3.05, 3.63) is 184 Å². The van der Waals surface area contributed by atoms with E-state index in [0.29, 0.717) is 93.1 Å². The number of rotatable bonds is 10. The summed E-state index contributed by atoms with van der Waals surface area (Å²) in [6, 6.07) is 30.1. The molecule has 0 aliphatic heterocycles. The van der Waals surface area contributed by atoms with Crippen LogP contribution in [0.1, 0.15) is 77.7 Å². The van der Waals surface area contributed by atoms with Gasteiger partial charge in [-0.15, -0.1) is 32.0 Å². The molecule has 8 aromatic heterocycles. The highest BCUT2D eigenvalue weighted by Gasteiger charge is 2.17. The second-order valence-corrected chi connectivity index (χ2v) is 21.0. The molecule has 0 saturated heterocycles. The second kappa shape index (κ2) is 35.5. The number of aldehydes is 1. The predicted octanol–water partition coefficient (Wildman–Crippen LogP) is 12.4. The first-order valence-corrected chi connectivity index (χ1v) is 27.8. The van der Waals surface area contributed by atoms with Crippen LogP contribution in [-0.4, -0.2) is 113 Å². The molecule has 0 spiro atoms. The Kier molecular flexibility index (Phi) is 30.1. The molecule has 10 aromatic rings. The molecule has 2 aromatic carbocycles. The average Bonchev–Trinajstić information content (AvgIpc) is 2.78. The van der Waals surface area contributed by atoms with E-state index in [1.165, 1.54) is 77.0 Å². The quantitative estimate of drug-likeness (QED) is 0.0496. The lowest BCUT2D eigenvalue weighted by Gasteiger charge is -2.20. The van der Waals surface area contributed by atoms with E-state index in [1.54, 1.807) is 30.3 Å². The number of imidazole rings is 3. The van der Waals surface area contributed by atoms with Gasteiger partial charge in [-0.05, 0) is 87.3 Å². The van der Waals surface area contributed by atoms with Gasteiger partial charge < -0.3 is 26.5 Å². The molecule has 10 rings (SSSR count). The molecule has 8 heterocycles. The van der Waals surface area contributed by atoms with Crippen molar-refractivity contribution < 1.29 is 24.0 Å². The molecule has 0 radical (unpaired) electrons. The van der Waals surface area contributed by atoms with Gasteiger partial charge in [-0.25, -0.2) is 28.5 Å². The summed E-state index contributed by atoms with van der Waals surface area (Å²) in [5, 5.41) is 30.1. The Hall–Kier alpha value is -6.84. The maximum absolute atomic E-state index is 11.6. The van der Waals surface area contributed by atoms with E-state index in [2.05, 4.69) is 112 Å². The molecular weight excluding hydrogens is 1360 g/mol. The number of benzene rings is 2. The van der Waals surface area contributed by atoms with Gasteiger partial charge >= 0.3 is 0 Å². The Morgan fingerprint density at radius 3 is 1.49 bits per heavy atom. The number of nitrogens with zero attached hydrogens (tertiary/aromatic N) is 14. The third-order valence-corrected chi connectivity index (χ3v) is 12.9. The van der Waals surface area contributed by atoms with Gasteiger partial charge in [0, 0.05) is 47.0 Å². The molecule has 0 aliphatic carbocycles. The lowest BCUT2D eigenvalue weighted by atomic mass is 10.2. The van der Waals surface area contributed by atoms with Crippen LogP contribution in [0.25, 0.3) is 16.9 Å². The van der Waals surface area contributed by atoms with Gasteiger partial charge in [0.25, 0.3) is 0 Å². The highest BCUT2D eigenvalue weighted by atomic mass is 79.9. The Morgan fingerprint density at radius 1 is 0.595 bits per heavy atom. The molecule has 0 saturated carbocycles. The van der Waals surface area contributed by atoms with Gasteiger partial charge in [0.2, 0.25) is 0 Å². The first kappa shape index (κ1) is 71.4. The summed E-state index contributed by atoms with van der Waals surface area (Å²) in [5.41, 5.74) is 16.7. The van der Waals surface area contributed by atoms with E-state index in [1.807, 2.05) is 55.4 Å². The normalized spacial score (nSPS) is 10.4. The van der Waals surface area contributed by atoms with Crippen molar-refractivity contribution in [3.8, 4) is 0 Å². The zero-order chi connectivity index (χ0) is 61.5. The van der Waals surface area contributed by atoms with E-state index in [9.17, 15) is 24.0 Å². The highest BCUT2D eigenvalue weighted by Crippen LogP contribution is 2.26. The largest absolute Gasteiger partial charge is 0.382 e. The zero-order valence-corrected chi connectivity index (χ0v) is 52.9. The van der Waals surface area contributed by atoms with E-state index >= 15 is 0 Å². The number of halogens is 9. The molecule has 1 atom stereocenters. The highest BCUT2D eigenvalue weighted by molar-refractivity contribution is 9.11. The fraction of sp³-hybridized carbons (Fsp3) is 0.189. The molecule has 5 N–H and O–H groups in total. The second-order valence-electron chi connectivity index (χ2n) is 16.5. The summed E-state index contributed by atoms with van der Waals surface area (Å²) in [7, 11) is 3.91. The minimum absolute atomic E-state index is 0. The smallest absolute Gasteiger partial charge is 0.179 e. The molecule has 0 amide bonds. The van der Waals surface area contributed by atoms with Gasteiger partial charge in [-0.3, -0.25) is 19.2 Å². The third kappa shape index (κ3) is 22.3. The van der Waals surface area contributed by atoms with Crippen molar-refractivity contribution >= 4 is 177 Å². The average molecular weight is 1420 g/mol. The Balaban J connectivity index is 0.000000266. The van der Waals surface area contributed by atoms with Crippen LogP contribution in [0.2, 0.25) is 30.8 Å². The number of aromatic nitrogens is 13. The standard InChI is InChI=1S/C16H15ClN4O.C8H5BrClN3O.C8H5Cl2N3O.C8H11N.C4H3BrClN3.C4H4ClN3.C4H5ClO2.CH4/c1-11(22)14-9-18-16-13(8-15(17)19-21(14)16)20(2)10-12-6-4-3-5-7-12;2*1-4(14)6-3-11-8-5(9)2-7(10)12-13(6)8;1-9-7-8-5-3-2-4-6-8;5-2-1-3(6)8-9-4(2)7;5-3-1-2-4(6)8-7-3;1-3(7)4(5)2-6;/h3-9H,10H2,1-2H3;2*2-3H,1H3;2-6,9H,7H2,1H3;1H,(H2,7,9);1-2H,(H2,6,8);2,4H,1H3;1H4. The van der Waals surface area contributed by atoms with Gasteiger partial charge in [-0.1, -0.05) is 138 Å². The van der Waals surface area contributed by atoms with Crippen molar-refractivity contribution in [2.24, 2.45) is 0 Å². The van der Waals surface area contributed by atoms with E-state index in [-0.39, 0.29) is 35.7 Å². The topological polar surface area (TPSA) is 295 Å². The van der Waals surface area contributed by atoms with Crippen LogP contribution in [0.3, 0.4) is 0 Å². The van der Waals surface area contributed by atoms with Crippen LogP contribution < -0.4 is 21.7 Å². The first-order valence-electron chi connectivity index (χ1n) is 23.5. The number of alkyl halides is 1. The van der Waals surface area contributed by atoms with Gasteiger partial charge in [0.15, 0.2) is 71.7 Å². The van der Waals surface area contributed by atoms with Crippen molar-refractivity contribution in [3.63, 3.8) is 0 Å². The number of carbonyl (C=O) groups excluding carboxylic acids is 5.